The van der Waals surface area contributed by atoms with Gasteiger partial charge in [0, 0.05) is 11.5 Å². The maximum absolute atomic E-state index is 13.7. The van der Waals surface area contributed by atoms with Crippen molar-refractivity contribution in [2.45, 2.75) is 26.2 Å². The lowest BCUT2D eigenvalue weighted by molar-refractivity contribution is 0.0696. The number of carboxylic acids is 1. The van der Waals surface area contributed by atoms with Gasteiger partial charge in [0.25, 0.3) is 5.91 Å². The summed E-state index contributed by atoms with van der Waals surface area (Å²) >= 11 is 0. The first kappa shape index (κ1) is 15.7. The zero-order valence-electron chi connectivity index (χ0n) is 12.3. The van der Waals surface area contributed by atoms with Crippen LogP contribution in [0.2, 0.25) is 0 Å². The molecule has 1 aromatic carbocycles. The number of carboxylic acid groups (broad SMARTS) is 1. The van der Waals surface area contributed by atoms with Gasteiger partial charge in [-0.15, -0.1) is 0 Å². The van der Waals surface area contributed by atoms with Gasteiger partial charge < -0.3 is 14.9 Å². The summed E-state index contributed by atoms with van der Waals surface area (Å²) in [5, 5.41) is 14.8. The third-order valence-electron chi connectivity index (χ3n) is 2.94. The van der Waals surface area contributed by atoms with Crippen LogP contribution in [0.25, 0.3) is 0 Å². The minimum absolute atomic E-state index is 0.00921. The van der Waals surface area contributed by atoms with Gasteiger partial charge in [-0.3, -0.25) is 4.79 Å². The second-order valence-electron chi connectivity index (χ2n) is 5.78. The summed E-state index contributed by atoms with van der Waals surface area (Å²) in [7, 11) is 0. The highest BCUT2D eigenvalue weighted by molar-refractivity contribution is 6.03. The Kier molecular flexibility index (Phi) is 3.99. The minimum Gasteiger partial charge on any atom is -0.478 e. The molecule has 0 atom stereocenters. The van der Waals surface area contributed by atoms with Crippen LogP contribution in [0.15, 0.2) is 28.8 Å². The largest absolute Gasteiger partial charge is 0.478 e. The zero-order chi connectivity index (χ0) is 16.5. The smallest absolute Gasteiger partial charge is 0.335 e. The molecule has 0 aliphatic heterocycles. The summed E-state index contributed by atoms with van der Waals surface area (Å²) in [4.78, 5) is 22.9. The van der Waals surface area contributed by atoms with Gasteiger partial charge in [-0.25, -0.2) is 9.18 Å². The first-order valence-electron chi connectivity index (χ1n) is 6.50. The molecule has 116 valence electrons. The van der Waals surface area contributed by atoms with E-state index in [1.54, 1.807) is 0 Å². The van der Waals surface area contributed by atoms with Crippen molar-refractivity contribution in [3.8, 4) is 0 Å². The normalized spacial score (nSPS) is 11.3. The maximum Gasteiger partial charge on any atom is 0.335 e. The van der Waals surface area contributed by atoms with E-state index in [1.807, 2.05) is 20.8 Å². The molecule has 0 saturated carbocycles. The molecule has 1 aromatic heterocycles. The number of nitrogens with one attached hydrogen (secondary N) is 1. The van der Waals surface area contributed by atoms with Crippen LogP contribution < -0.4 is 5.32 Å². The van der Waals surface area contributed by atoms with E-state index < -0.39 is 17.7 Å². The van der Waals surface area contributed by atoms with Crippen LogP contribution in [0, 0.1) is 5.82 Å². The van der Waals surface area contributed by atoms with Crippen molar-refractivity contribution in [1.82, 2.24) is 5.16 Å². The van der Waals surface area contributed by atoms with Gasteiger partial charge in [-0.1, -0.05) is 25.9 Å². The van der Waals surface area contributed by atoms with E-state index >= 15 is 0 Å². The molecule has 0 radical (unpaired) electrons. The van der Waals surface area contributed by atoms with Gasteiger partial charge in [0.1, 0.15) is 11.6 Å². The third kappa shape index (κ3) is 3.30. The number of hydrogen-bond acceptors (Lipinski definition) is 4. The quantitative estimate of drug-likeness (QED) is 0.909. The molecule has 0 saturated heterocycles. The molecule has 0 spiro atoms. The minimum atomic E-state index is -1.22. The van der Waals surface area contributed by atoms with Gasteiger partial charge in [-0.05, 0) is 18.2 Å². The van der Waals surface area contributed by atoms with Gasteiger partial charge >= 0.3 is 5.97 Å². The molecule has 0 aliphatic carbocycles. The van der Waals surface area contributed by atoms with Gasteiger partial charge in [0.05, 0.1) is 11.3 Å². The Morgan fingerprint density at radius 3 is 2.50 bits per heavy atom. The highest BCUT2D eigenvalue weighted by atomic mass is 19.1. The van der Waals surface area contributed by atoms with Crippen molar-refractivity contribution in [2.75, 3.05) is 5.32 Å². The average molecular weight is 306 g/mol. The number of aromatic nitrogens is 1. The highest BCUT2D eigenvalue weighted by Crippen LogP contribution is 2.23. The maximum atomic E-state index is 13.7. The summed E-state index contributed by atoms with van der Waals surface area (Å²) < 4.78 is 18.7. The molecule has 2 rings (SSSR count). The van der Waals surface area contributed by atoms with Crippen LogP contribution in [-0.4, -0.2) is 22.1 Å². The van der Waals surface area contributed by atoms with Crippen molar-refractivity contribution in [3.05, 3.63) is 47.1 Å². The molecule has 7 heteroatoms. The lowest BCUT2D eigenvalue weighted by atomic mass is 9.93. The molecule has 2 aromatic rings. The Morgan fingerprint density at radius 2 is 1.95 bits per heavy atom. The molecular weight excluding hydrogens is 291 g/mol. The van der Waals surface area contributed by atoms with Crippen molar-refractivity contribution in [1.29, 1.82) is 0 Å². The number of carbonyl (C=O) groups is 2. The number of anilines is 1. The zero-order valence-corrected chi connectivity index (χ0v) is 12.3. The number of rotatable bonds is 3. The van der Waals surface area contributed by atoms with E-state index in [9.17, 15) is 14.0 Å². The Labute approximate surface area is 125 Å². The summed E-state index contributed by atoms with van der Waals surface area (Å²) in [6.07, 6.45) is 0. The topological polar surface area (TPSA) is 92.4 Å². The second-order valence-corrected chi connectivity index (χ2v) is 5.78. The number of amides is 1. The lowest BCUT2D eigenvalue weighted by Gasteiger charge is -2.12. The Hall–Kier alpha value is -2.70. The molecule has 1 amide bonds. The number of halogens is 1. The number of aromatic carboxylic acids is 1. The molecule has 2 N–H and O–H groups in total. The SMILES string of the molecule is CC(C)(C)c1cc(C(=O)Nc2cc(C(=O)O)ccc2F)no1. The lowest BCUT2D eigenvalue weighted by Crippen LogP contribution is -2.14. The van der Waals surface area contributed by atoms with Crippen LogP contribution in [0.3, 0.4) is 0 Å². The standard InChI is InChI=1S/C15H15FN2O4/c1-15(2,3)12-7-11(18-22-12)13(19)17-10-6-8(14(20)21)4-5-9(10)16/h4-7H,1-3H3,(H,17,19)(H,20,21). The van der Waals surface area contributed by atoms with E-state index in [4.69, 9.17) is 9.63 Å². The van der Waals surface area contributed by atoms with E-state index in [1.165, 1.54) is 6.07 Å². The Bertz CT molecular complexity index is 731. The van der Waals surface area contributed by atoms with Crippen LogP contribution in [-0.2, 0) is 5.41 Å². The highest BCUT2D eigenvalue weighted by Gasteiger charge is 2.22. The van der Waals surface area contributed by atoms with Crippen molar-refractivity contribution < 1.29 is 23.6 Å². The van der Waals surface area contributed by atoms with Crippen molar-refractivity contribution in [3.63, 3.8) is 0 Å². The van der Waals surface area contributed by atoms with Crippen molar-refractivity contribution in [2.24, 2.45) is 0 Å². The molecule has 0 unspecified atom stereocenters. The van der Waals surface area contributed by atoms with Gasteiger partial charge in [-0.2, -0.15) is 0 Å². The number of hydrogen-bond donors (Lipinski definition) is 2. The first-order chi connectivity index (χ1) is 10.2. The summed E-state index contributed by atoms with van der Waals surface area (Å²) in [6.45, 7) is 5.68. The molecular formula is C15H15FN2O4. The van der Waals surface area contributed by atoms with Crippen LogP contribution in [0.1, 0.15) is 47.4 Å². The fourth-order valence-corrected chi connectivity index (χ4v) is 1.68. The first-order valence-corrected chi connectivity index (χ1v) is 6.50. The second kappa shape index (κ2) is 5.59. The van der Waals surface area contributed by atoms with Crippen molar-refractivity contribution >= 4 is 17.6 Å². The van der Waals surface area contributed by atoms with E-state index in [0.717, 1.165) is 18.2 Å². The molecule has 0 bridgehead atoms. The van der Waals surface area contributed by atoms with E-state index in [2.05, 4.69) is 10.5 Å². The molecule has 22 heavy (non-hydrogen) atoms. The molecule has 0 fully saturated rings. The summed E-state index contributed by atoms with van der Waals surface area (Å²) in [6, 6.07) is 4.60. The Morgan fingerprint density at radius 1 is 1.27 bits per heavy atom. The third-order valence-corrected chi connectivity index (χ3v) is 2.94. The summed E-state index contributed by atoms with van der Waals surface area (Å²) in [5.41, 5.74) is -0.692. The van der Waals surface area contributed by atoms with Crippen LogP contribution in [0.4, 0.5) is 10.1 Å². The number of nitrogens with zero attached hydrogens (tertiary/aromatic N) is 1. The molecule has 0 aliphatic rings. The number of benzene rings is 1. The van der Waals surface area contributed by atoms with E-state index in [0.29, 0.717) is 5.76 Å². The number of carbonyl (C=O) groups excluding carboxylic acids is 1. The molecule has 6 nitrogen and oxygen atoms in total. The van der Waals surface area contributed by atoms with Gasteiger partial charge in [0.15, 0.2) is 5.69 Å². The van der Waals surface area contributed by atoms with Gasteiger partial charge in [0.2, 0.25) is 0 Å². The van der Waals surface area contributed by atoms with Crippen LogP contribution >= 0.6 is 0 Å². The predicted molar refractivity (Wildman–Crippen MR) is 76.5 cm³/mol. The Balaban J connectivity index is 2.24. The molecule has 1 heterocycles. The monoisotopic (exact) mass is 306 g/mol. The average Bonchev–Trinajstić information content (AvgIpc) is 2.90. The van der Waals surface area contributed by atoms with Crippen LogP contribution in [0.5, 0.6) is 0 Å². The fraction of sp³-hybridized carbons (Fsp3) is 0.267. The predicted octanol–water partition coefficient (Wildman–Crippen LogP) is 3.06. The fourth-order valence-electron chi connectivity index (χ4n) is 1.68. The van der Waals surface area contributed by atoms with E-state index in [-0.39, 0.29) is 22.4 Å². The summed E-state index contributed by atoms with van der Waals surface area (Å²) in [5.74, 6) is -2.12.